The maximum atomic E-state index is 9.22. The van der Waals surface area contributed by atoms with Gasteiger partial charge in [0.25, 0.3) is 0 Å². The third kappa shape index (κ3) is 3.94. The van der Waals surface area contributed by atoms with Crippen molar-refractivity contribution in [2.45, 2.75) is 45.2 Å². The number of aryl methyl sites for hydroxylation is 2. The number of aromatic nitrogens is 2. The molecule has 1 heterocycles. The Hall–Kier alpha value is -0.870. The topological polar surface area (TPSA) is 50.1 Å². The fraction of sp³-hybridized carbons (Fsp3) is 0.750. The fourth-order valence-electron chi connectivity index (χ4n) is 1.66. The summed E-state index contributed by atoms with van der Waals surface area (Å²) in [5.74, 6) is 0. The van der Waals surface area contributed by atoms with Crippen LogP contribution in [0.5, 0.6) is 0 Å². The zero-order chi connectivity index (χ0) is 12.0. The van der Waals surface area contributed by atoms with Crippen molar-refractivity contribution in [2.75, 3.05) is 13.7 Å². The number of hydrogen-bond donors (Lipinski definition) is 2. The number of aliphatic hydroxyl groups excluding tert-OH is 1. The molecule has 0 aliphatic rings. The normalized spacial score (nSPS) is 15.0. The molecule has 0 aromatic carbocycles. The fourth-order valence-corrected chi connectivity index (χ4v) is 1.66. The second-order valence-corrected chi connectivity index (χ2v) is 4.65. The maximum absolute atomic E-state index is 9.22. The van der Waals surface area contributed by atoms with Crippen molar-refractivity contribution in [3.8, 4) is 0 Å². The maximum Gasteiger partial charge on any atom is 0.0610 e. The number of nitrogens with zero attached hydrogens (tertiary/aromatic N) is 2. The number of rotatable bonds is 7. The van der Waals surface area contributed by atoms with Gasteiger partial charge in [-0.2, -0.15) is 5.10 Å². The number of unbranched alkanes of at least 4 members (excludes halogenated alkanes) is 1. The van der Waals surface area contributed by atoms with Crippen LogP contribution in [0.3, 0.4) is 0 Å². The van der Waals surface area contributed by atoms with Gasteiger partial charge in [-0.1, -0.05) is 0 Å². The Kier molecular flexibility index (Phi) is 4.96. The van der Waals surface area contributed by atoms with E-state index >= 15 is 0 Å². The highest BCUT2D eigenvalue weighted by molar-refractivity contribution is 4.94. The third-order valence-electron chi connectivity index (χ3n) is 3.09. The summed E-state index contributed by atoms with van der Waals surface area (Å²) < 4.78 is 1.98. The third-order valence-corrected chi connectivity index (χ3v) is 3.09. The molecule has 0 saturated carbocycles. The first-order valence-corrected chi connectivity index (χ1v) is 5.89. The molecule has 2 N–H and O–H groups in total. The van der Waals surface area contributed by atoms with Crippen LogP contribution in [-0.2, 0) is 6.54 Å². The standard InChI is InChI=1S/C12H23N3O/c1-11-6-9-15(14-11)8-5-4-7-12(2,10-16)13-3/h6,9,13,16H,4-5,7-8,10H2,1-3H3. The lowest BCUT2D eigenvalue weighted by molar-refractivity contribution is 0.170. The minimum atomic E-state index is -0.139. The summed E-state index contributed by atoms with van der Waals surface area (Å²) in [5, 5.41) is 16.7. The van der Waals surface area contributed by atoms with Crippen molar-refractivity contribution in [1.29, 1.82) is 0 Å². The van der Waals surface area contributed by atoms with Crippen LogP contribution in [0.15, 0.2) is 12.3 Å². The molecule has 4 nitrogen and oxygen atoms in total. The van der Waals surface area contributed by atoms with Gasteiger partial charge in [-0.25, -0.2) is 0 Å². The summed E-state index contributed by atoms with van der Waals surface area (Å²) in [5.41, 5.74) is 0.926. The first-order chi connectivity index (χ1) is 7.59. The number of likely N-dealkylation sites (N-methyl/N-ethyl adjacent to an activating group) is 1. The summed E-state index contributed by atoms with van der Waals surface area (Å²) in [6, 6.07) is 2.02. The average Bonchev–Trinajstić information content (AvgIpc) is 2.70. The number of nitrogens with one attached hydrogen (secondary N) is 1. The van der Waals surface area contributed by atoms with E-state index in [2.05, 4.69) is 10.4 Å². The van der Waals surface area contributed by atoms with Crippen molar-refractivity contribution < 1.29 is 5.11 Å². The lowest BCUT2D eigenvalue weighted by Gasteiger charge is -2.26. The smallest absolute Gasteiger partial charge is 0.0610 e. The van der Waals surface area contributed by atoms with Gasteiger partial charge in [0.1, 0.15) is 0 Å². The molecule has 0 amide bonds. The molecule has 1 aromatic heterocycles. The van der Waals surface area contributed by atoms with E-state index in [4.69, 9.17) is 0 Å². The highest BCUT2D eigenvalue weighted by Crippen LogP contribution is 2.12. The van der Waals surface area contributed by atoms with E-state index in [1.807, 2.05) is 37.8 Å². The summed E-state index contributed by atoms with van der Waals surface area (Å²) in [7, 11) is 1.90. The van der Waals surface area contributed by atoms with Crippen LogP contribution in [0.4, 0.5) is 0 Å². The van der Waals surface area contributed by atoms with Gasteiger partial charge in [0.15, 0.2) is 0 Å². The molecule has 92 valence electrons. The van der Waals surface area contributed by atoms with Gasteiger partial charge in [0.05, 0.1) is 12.3 Å². The minimum Gasteiger partial charge on any atom is -0.394 e. The molecule has 0 saturated heterocycles. The Morgan fingerprint density at radius 3 is 2.75 bits per heavy atom. The van der Waals surface area contributed by atoms with Crippen LogP contribution in [0.2, 0.25) is 0 Å². The lowest BCUT2D eigenvalue weighted by Crippen LogP contribution is -2.43. The molecule has 0 spiro atoms. The molecule has 4 heteroatoms. The van der Waals surface area contributed by atoms with E-state index < -0.39 is 0 Å². The Labute approximate surface area is 97.7 Å². The Morgan fingerprint density at radius 1 is 1.50 bits per heavy atom. The Bertz CT molecular complexity index is 305. The van der Waals surface area contributed by atoms with Gasteiger partial charge in [-0.3, -0.25) is 4.68 Å². The van der Waals surface area contributed by atoms with Gasteiger partial charge in [-0.15, -0.1) is 0 Å². The van der Waals surface area contributed by atoms with Crippen LogP contribution in [0.1, 0.15) is 31.9 Å². The van der Waals surface area contributed by atoms with Crippen LogP contribution < -0.4 is 5.32 Å². The molecule has 0 aliphatic heterocycles. The van der Waals surface area contributed by atoms with Crippen LogP contribution in [0, 0.1) is 6.92 Å². The van der Waals surface area contributed by atoms with Crippen LogP contribution in [-0.4, -0.2) is 34.1 Å². The Balaban J connectivity index is 2.21. The van der Waals surface area contributed by atoms with E-state index in [1.54, 1.807) is 0 Å². The van der Waals surface area contributed by atoms with Crippen molar-refractivity contribution in [2.24, 2.45) is 0 Å². The zero-order valence-electron chi connectivity index (χ0n) is 10.5. The number of aliphatic hydroxyl groups is 1. The van der Waals surface area contributed by atoms with Crippen molar-refractivity contribution in [1.82, 2.24) is 15.1 Å². The van der Waals surface area contributed by atoms with Gasteiger partial charge >= 0.3 is 0 Å². The summed E-state index contributed by atoms with van der Waals surface area (Å²) in [6.07, 6.45) is 5.19. The first kappa shape index (κ1) is 13.2. The van der Waals surface area contributed by atoms with Crippen molar-refractivity contribution >= 4 is 0 Å². The molecule has 1 unspecified atom stereocenters. The van der Waals surface area contributed by atoms with Crippen molar-refractivity contribution in [3.63, 3.8) is 0 Å². The molecule has 0 aliphatic carbocycles. The molecule has 0 radical (unpaired) electrons. The number of hydrogen-bond acceptors (Lipinski definition) is 3. The molecule has 16 heavy (non-hydrogen) atoms. The largest absolute Gasteiger partial charge is 0.394 e. The second-order valence-electron chi connectivity index (χ2n) is 4.65. The second kappa shape index (κ2) is 6.01. The van der Waals surface area contributed by atoms with E-state index in [0.717, 1.165) is 31.5 Å². The predicted molar refractivity (Wildman–Crippen MR) is 65.4 cm³/mol. The highest BCUT2D eigenvalue weighted by Gasteiger charge is 2.19. The highest BCUT2D eigenvalue weighted by atomic mass is 16.3. The monoisotopic (exact) mass is 225 g/mol. The summed E-state index contributed by atoms with van der Waals surface area (Å²) >= 11 is 0. The van der Waals surface area contributed by atoms with Crippen molar-refractivity contribution in [3.05, 3.63) is 18.0 Å². The molecule has 1 rings (SSSR count). The molecule has 0 bridgehead atoms. The Morgan fingerprint density at radius 2 is 2.25 bits per heavy atom. The predicted octanol–water partition coefficient (Wildman–Crippen LogP) is 1.33. The molecule has 0 fully saturated rings. The first-order valence-electron chi connectivity index (χ1n) is 5.89. The lowest BCUT2D eigenvalue weighted by atomic mass is 9.96. The molecule has 1 atom stereocenters. The summed E-state index contributed by atoms with van der Waals surface area (Å²) in [4.78, 5) is 0. The van der Waals surface area contributed by atoms with Crippen LogP contribution in [0.25, 0.3) is 0 Å². The van der Waals surface area contributed by atoms with Gasteiger partial charge in [0.2, 0.25) is 0 Å². The quantitative estimate of drug-likeness (QED) is 0.688. The van der Waals surface area contributed by atoms with E-state index in [1.165, 1.54) is 0 Å². The molecular formula is C12H23N3O. The van der Waals surface area contributed by atoms with E-state index in [9.17, 15) is 5.11 Å². The SMILES string of the molecule is CNC(C)(CO)CCCCn1ccc(C)n1. The average molecular weight is 225 g/mol. The minimum absolute atomic E-state index is 0.139. The summed E-state index contributed by atoms with van der Waals surface area (Å²) in [6.45, 7) is 5.19. The van der Waals surface area contributed by atoms with Crippen LogP contribution >= 0.6 is 0 Å². The molecular weight excluding hydrogens is 202 g/mol. The van der Waals surface area contributed by atoms with E-state index in [0.29, 0.717) is 0 Å². The van der Waals surface area contributed by atoms with Gasteiger partial charge < -0.3 is 10.4 Å². The zero-order valence-corrected chi connectivity index (χ0v) is 10.5. The van der Waals surface area contributed by atoms with Gasteiger partial charge in [0, 0.05) is 18.3 Å². The van der Waals surface area contributed by atoms with E-state index in [-0.39, 0.29) is 12.1 Å². The molecule has 1 aromatic rings. The van der Waals surface area contributed by atoms with Gasteiger partial charge in [-0.05, 0) is 46.2 Å².